The number of amides is 2. The summed E-state index contributed by atoms with van der Waals surface area (Å²) < 4.78 is 0. The lowest BCUT2D eigenvalue weighted by Crippen LogP contribution is -2.50. The molecule has 4 rings (SSSR count). The number of anilines is 2. The first kappa shape index (κ1) is 18.5. The van der Waals surface area contributed by atoms with Gasteiger partial charge in [0.2, 0.25) is 11.8 Å². The lowest BCUT2D eigenvalue weighted by Gasteiger charge is -2.37. The van der Waals surface area contributed by atoms with Crippen LogP contribution in [0.2, 0.25) is 0 Å². The number of aryl methyl sites for hydroxylation is 1. The van der Waals surface area contributed by atoms with Gasteiger partial charge in [0.15, 0.2) is 0 Å². The molecule has 2 aromatic carbocycles. The van der Waals surface area contributed by atoms with Gasteiger partial charge in [-0.3, -0.25) is 9.59 Å². The summed E-state index contributed by atoms with van der Waals surface area (Å²) in [6.07, 6.45) is 1.25. The quantitative estimate of drug-likeness (QED) is 0.823. The van der Waals surface area contributed by atoms with Crippen LogP contribution in [-0.4, -0.2) is 49.4 Å². The minimum Gasteiger partial charge on any atom is -0.368 e. The van der Waals surface area contributed by atoms with Crippen molar-refractivity contribution in [2.75, 3.05) is 42.5 Å². The van der Waals surface area contributed by atoms with Crippen molar-refractivity contribution in [2.24, 2.45) is 5.92 Å². The number of hydrogen-bond acceptors (Lipinski definition) is 3. The summed E-state index contributed by atoms with van der Waals surface area (Å²) in [6.45, 7) is 5.68. The third-order valence-electron chi connectivity index (χ3n) is 5.82. The minimum absolute atomic E-state index is 0.0505. The van der Waals surface area contributed by atoms with Gasteiger partial charge in [0, 0.05) is 50.5 Å². The summed E-state index contributed by atoms with van der Waals surface area (Å²) in [7, 11) is 0. The highest BCUT2D eigenvalue weighted by Gasteiger charge is 2.38. The van der Waals surface area contributed by atoms with Crippen LogP contribution in [-0.2, 0) is 16.0 Å². The van der Waals surface area contributed by atoms with Crippen molar-refractivity contribution in [3.63, 3.8) is 0 Å². The molecule has 28 heavy (non-hydrogen) atoms. The molecular formula is C23H27N3O2. The van der Waals surface area contributed by atoms with E-state index in [4.69, 9.17) is 0 Å². The largest absolute Gasteiger partial charge is 0.368 e. The van der Waals surface area contributed by atoms with E-state index < -0.39 is 0 Å². The van der Waals surface area contributed by atoms with Crippen molar-refractivity contribution in [3.8, 4) is 0 Å². The Balaban J connectivity index is 1.37. The van der Waals surface area contributed by atoms with E-state index in [1.807, 2.05) is 35.2 Å². The first-order chi connectivity index (χ1) is 13.7. The minimum atomic E-state index is -0.235. The van der Waals surface area contributed by atoms with Crippen LogP contribution >= 0.6 is 0 Å². The average Bonchev–Trinajstić information content (AvgIpc) is 3.15. The molecule has 2 heterocycles. The molecular weight excluding hydrogens is 350 g/mol. The number of rotatable bonds is 4. The van der Waals surface area contributed by atoms with E-state index >= 15 is 0 Å². The van der Waals surface area contributed by atoms with E-state index in [2.05, 4.69) is 36.1 Å². The van der Waals surface area contributed by atoms with Crippen molar-refractivity contribution in [2.45, 2.75) is 19.8 Å². The lowest BCUT2D eigenvalue weighted by atomic mass is 10.1. The topological polar surface area (TPSA) is 43.9 Å². The average molecular weight is 377 g/mol. The van der Waals surface area contributed by atoms with E-state index in [-0.39, 0.29) is 17.7 Å². The summed E-state index contributed by atoms with van der Waals surface area (Å²) in [5, 5.41) is 0. The van der Waals surface area contributed by atoms with Gasteiger partial charge in [-0.2, -0.15) is 0 Å². The highest BCUT2D eigenvalue weighted by molar-refractivity contribution is 6.00. The maximum absolute atomic E-state index is 13.0. The van der Waals surface area contributed by atoms with Gasteiger partial charge in [0.1, 0.15) is 0 Å². The first-order valence-electron chi connectivity index (χ1n) is 10.1. The predicted molar refractivity (Wildman–Crippen MR) is 112 cm³/mol. The van der Waals surface area contributed by atoms with Crippen molar-refractivity contribution in [1.29, 1.82) is 0 Å². The van der Waals surface area contributed by atoms with Gasteiger partial charge in [-0.05, 0) is 36.2 Å². The molecule has 2 amide bonds. The van der Waals surface area contributed by atoms with Crippen LogP contribution in [0.15, 0.2) is 54.6 Å². The van der Waals surface area contributed by atoms with Gasteiger partial charge in [-0.25, -0.2) is 0 Å². The molecule has 2 fully saturated rings. The molecule has 0 aliphatic carbocycles. The molecule has 0 N–H and O–H groups in total. The zero-order chi connectivity index (χ0) is 19.5. The number of benzene rings is 2. The summed E-state index contributed by atoms with van der Waals surface area (Å²) in [5.41, 5.74) is 3.32. The molecule has 0 bridgehead atoms. The lowest BCUT2D eigenvalue weighted by molar-refractivity contribution is -0.136. The Morgan fingerprint density at radius 1 is 0.964 bits per heavy atom. The number of carbonyl (C=O) groups is 2. The fourth-order valence-electron chi connectivity index (χ4n) is 4.15. The van der Waals surface area contributed by atoms with Crippen LogP contribution in [0.3, 0.4) is 0 Å². The number of nitrogens with zero attached hydrogens (tertiary/aromatic N) is 3. The van der Waals surface area contributed by atoms with Gasteiger partial charge in [0.05, 0.1) is 5.92 Å². The molecule has 0 saturated carbocycles. The van der Waals surface area contributed by atoms with E-state index in [0.717, 1.165) is 25.2 Å². The maximum atomic E-state index is 13.0. The Bertz CT molecular complexity index is 844. The van der Waals surface area contributed by atoms with E-state index in [1.165, 1.54) is 11.3 Å². The van der Waals surface area contributed by atoms with E-state index in [0.29, 0.717) is 26.1 Å². The molecule has 0 unspecified atom stereocenters. The highest BCUT2D eigenvalue weighted by atomic mass is 16.2. The molecule has 2 aromatic rings. The number of hydrogen-bond donors (Lipinski definition) is 0. The Labute approximate surface area is 166 Å². The monoisotopic (exact) mass is 377 g/mol. The van der Waals surface area contributed by atoms with Crippen molar-refractivity contribution >= 4 is 23.2 Å². The normalized spacial score (nSPS) is 20.0. The fraction of sp³-hybridized carbons (Fsp3) is 0.391. The first-order valence-corrected chi connectivity index (χ1v) is 10.1. The Morgan fingerprint density at radius 2 is 1.68 bits per heavy atom. The Morgan fingerprint density at radius 3 is 2.39 bits per heavy atom. The zero-order valence-electron chi connectivity index (χ0n) is 16.4. The number of carbonyl (C=O) groups excluding carboxylic acids is 2. The molecule has 5 nitrogen and oxygen atoms in total. The summed E-state index contributed by atoms with van der Waals surface area (Å²) in [5.74, 6) is -0.0641. The maximum Gasteiger partial charge on any atom is 0.228 e. The smallest absolute Gasteiger partial charge is 0.228 e. The fourth-order valence-corrected chi connectivity index (χ4v) is 4.15. The van der Waals surface area contributed by atoms with Gasteiger partial charge in [-0.1, -0.05) is 37.3 Å². The molecule has 2 aliphatic rings. The predicted octanol–water partition coefficient (Wildman–Crippen LogP) is 2.95. The molecule has 1 atom stereocenters. The molecule has 2 aliphatic heterocycles. The molecule has 2 saturated heterocycles. The van der Waals surface area contributed by atoms with E-state index in [1.54, 1.807) is 4.90 Å². The van der Waals surface area contributed by atoms with Crippen LogP contribution in [0.1, 0.15) is 18.9 Å². The second-order valence-corrected chi connectivity index (χ2v) is 7.58. The van der Waals surface area contributed by atoms with Crippen molar-refractivity contribution in [3.05, 3.63) is 60.2 Å². The van der Waals surface area contributed by atoms with Gasteiger partial charge in [0.25, 0.3) is 0 Å². The number of para-hydroxylation sites is 1. The SMILES string of the molecule is CCc1cccc(N2C[C@H](C(=O)N3CCN(c4ccccc4)CC3)CC2=O)c1. The second kappa shape index (κ2) is 8.05. The Kier molecular flexibility index (Phi) is 5.33. The molecule has 0 spiro atoms. The van der Waals surface area contributed by atoms with Crippen LogP contribution in [0.25, 0.3) is 0 Å². The standard InChI is InChI=1S/C23H27N3O2/c1-2-18-7-6-10-21(15-18)26-17-19(16-22(26)27)23(28)25-13-11-24(12-14-25)20-8-4-3-5-9-20/h3-10,15,19H,2,11-14,16-17H2,1H3/t19-/m1/s1. The third kappa shape index (κ3) is 3.75. The van der Waals surface area contributed by atoms with Crippen molar-refractivity contribution in [1.82, 2.24) is 4.90 Å². The van der Waals surface area contributed by atoms with Crippen molar-refractivity contribution < 1.29 is 9.59 Å². The highest BCUT2D eigenvalue weighted by Crippen LogP contribution is 2.28. The van der Waals surface area contributed by atoms with Crippen LogP contribution in [0, 0.1) is 5.92 Å². The molecule has 0 aromatic heterocycles. The summed E-state index contributed by atoms with van der Waals surface area (Å²) in [6, 6.07) is 18.4. The van der Waals surface area contributed by atoms with Gasteiger partial charge in [-0.15, -0.1) is 0 Å². The van der Waals surface area contributed by atoms with Gasteiger partial charge < -0.3 is 14.7 Å². The zero-order valence-corrected chi connectivity index (χ0v) is 16.4. The summed E-state index contributed by atoms with van der Waals surface area (Å²) in [4.78, 5) is 31.6. The third-order valence-corrected chi connectivity index (χ3v) is 5.82. The molecule has 0 radical (unpaired) electrons. The number of piperazine rings is 1. The van der Waals surface area contributed by atoms with Crippen LogP contribution in [0.4, 0.5) is 11.4 Å². The Hall–Kier alpha value is -2.82. The van der Waals surface area contributed by atoms with Crippen LogP contribution < -0.4 is 9.80 Å². The summed E-state index contributed by atoms with van der Waals surface area (Å²) >= 11 is 0. The molecule has 5 heteroatoms. The molecule has 146 valence electrons. The van der Waals surface area contributed by atoms with Gasteiger partial charge >= 0.3 is 0 Å². The van der Waals surface area contributed by atoms with E-state index in [9.17, 15) is 9.59 Å². The second-order valence-electron chi connectivity index (χ2n) is 7.58. The van der Waals surface area contributed by atoms with Crippen LogP contribution in [0.5, 0.6) is 0 Å².